The minimum Gasteiger partial charge on any atom is -0.508 e. The summed E-state index contributed by atoms with van der Waals surface area (Å²) in [5, 5.41) is 31.7. The molecule has 3 aromatic carbocycles. The highest BCUT2D eigenvalue weighted by atomic mass is 32.2. The first-order valence-electron chi connectivity index (χ1n) is 20.9. The van der Waals surface area contributed by atoms with Crippen LogP contribution in [0.5, 0.6) is 5.75 Å². The lowest BCUT2D eigenvalue weighted by Crippen LogP contribution is -2.60. The van der Waals surface area contributed by atoms with Gasteiger partial charge in [-0.3, -0.25) is 14.5 Å². The Labute approximate surface area is 363 Å². The number of urea groups is 1. The van der Waals surface area contributed by atoms with Gasteiger partial charge in [-0.15, -0.1) is 11.8 Å². The summed E-state index contributed by atoms with van der Waals surface area (Å²) in [6.45, 7) is 8.76. The fourth-order valence-electron chi connectivity index (χ4n) is 8.28. The van der Waals surface area contributed by atoms with Gasteiger partial charge in [0.05, 0.1) is 29.4 Å². The highest BCUT2D eigenvalue weighted by molar-refractivity contribution is 7.99. The van der Waals surface area contributed by atoms with E-state index >= 15 is 0 Å². The number of β-amino-alcohol motifs (C(OH)–C–C–N with tert-alkyl or cyclic N) is 1. The van der Waals surface area contributed by atoms with E-state index in [0.717, 1.165) is 36.8 Å². The molecule has 2 aliphatic carbocycles. The molecule has 3 aromatic rings. The average molecular weight is 884 g/mol. The zero-order chi connectivity index (χ0) is 45.0. The molecule has 0 aromatic heterocycles. The second kappa shape index (κ2) is 19.3. The maximum absolute atomic E-state index is 14.0. The van der Waals surface area contributed by atoms with Crippen LogP contribution < -0.4 is 21.3 Å². The highest BCUT2D eigenvalue weighted by Crippen LogP contribution is 2.46. The SMILES string of the molecule is Cc1c(O)cccc1C(=O)N[C@@H](CSc1ccccc1)[C@H](O)CN1C[C@H]2CCCC[C@H]2C[C@H]1C(=O)NC(C)(C)C.O=C1Nc2ccc(F)c(F)c2[C@@](C#CC2CC2)(C(F)(F)F)N1. The molecule has 0 spiro atoms. The Balaban J connectivity index is 0.000000245. The number of piperidine rings is 1. The first-order valence-corrected chi connectivity index (χ1v) is 21.9. The van der Waals surface area contributed by atoms with Gasteiger partial charge in [0.1, 0.15) is 5.75 Å². The third kappa shape index (κ3) is 11.2. The Morgan fingerprint density at radius 3 is 2.34 bits per heavy atom. The van der Waals surface area contributed by atoms with Crippen LogP contribution in [0.25, 0.3) is 0 Å². The number of benzene rings is 3. The minimum atomic E-state index is -5.12. The molecule has 1 saturated heterocycles. The van der Waals surface area contributed by atoms with Crippen LogP contribution in [0.3, 0.4) is 0 Å². The Kier molecular flexibility index (Phi) is 14.5. The molecular formula is C46H54F5N5O5S. The van der Waals surface area contributed by atoms with Gasteiger partial charge in [0.25, 0.3) is 5.91 Å². The van der Waals surface area contributed by atoms with Gasteiger partial charge in [0, 0.05) is 46.3 Å². The first kappa shape index (κ1) is 46.6. The lowest BCUT2D eigenvalue weighted by atomic mass is 9.72. The molecule has 4 amide bonds. The molecule has 0 radical (unpaired) electrons. The Morgan fingerprint density at radius 2 is 1.68 bits per heavy atom. The van der Waals surface area contributed by atoms with E-state index in [9.17, 15) is 46.5 Å². The summed E-state index contributed by atoms with van der Waals surface area (Å²) >= 11 is 1.57. The zero-order valence-electron chi connectivity index (χ0n) is 35.2. The maximum Gasteiger partial charge on any atom is 0.427 e. The Hall–Kier alpha value is -4.85. The van der Waals surface area contributed by atoms with Crippen LogP contribution in [-0.4, -0.2) is 81.7 Å². The van der Waals surface area contributed by atoms with Crippen LogP contribution >= 0.6 is 11.8 Å². The van der Waals surface area contributed by atoms with Crippen molar-refractivity contribution in [3.8, 4) is 17.6 Å². The smallest absolute Gasteiger partial charge is 0.427 e. The number of amides is 4. The van der Waals surface area contributed by atoms with E-state index in [1.54, 1.807) is 42.2 Å². The molecular weight excluding hydrogens is 830 g/mol. The summed E-state index contributed by atoms with van der Waals surface area (Å²) in [5.74, 6) is 2.24. The van der Waals surface area contributed by atoms with Crippen molar-refractivity contribution >= 4 is 35.3 Å². The zero-order valence-corrected chi connectivity index (χ0v) is 36.0. The van der Waals surface area contributed by atoms with Gasteiger partial charge in [0.15, 0.2) is 11.6 Å². The number of likely N-dealkylation sites (tertiary alicyclic amines) is 1. The number of phenolic OH excluding ortho intramolecular Hbond substituents is 1. The number of anilines is 1. The fourth-order valence-corrected chi connectivity index (χ4v) is 9.31. The fraction of sp³-hybridized carbons (Fsp3) is 0.500. The van der Waals surface area contributed by atoms with Crippen molar-refractivity contribution in [1.82, 2.24) is 20.9 Å². The molecule has 334 valence electrons. The number of thioether (sulfide) groups is 1. The number of rotatable bonds is 9. The Bertz CT molecular complexity index is 2170. The first-order chi connectivity index (χ1) is 29.3. The van der Waals surface area contributed by atoms with Crippen molar-refractivity contribution in [2.24, 2.45) is 17.8 Å². The number of phenols is 1. The molecule has 10 nitrogen and oxygen atoms in total. The molecule has 6 N–H and O–H groups in total. The normalized spacial score (nSPS) is 23.3. The summed E-state index contributed by atoms with van der Waals surface area (Å²) in [7, 11) is 0. The second-order valence-corrected chi connectivity index (χ2v) is 18.7. The number of carbonyl (C=O) groups is 3. The summed E-state index contributed by atoms with van der Waals surface area (Å²) in [6.07, 6.45) is 0.845. The van der Waals surface area contributed by atoms with Gasteiger partial charge in [-0.05, 0) is 102 Å². The summed E-state index contributed by atoms with van der Waals surface area (Å²) in [5.41, 5.74) is -4.22. The van der Waals surface area contributed by atoms with Gasteiger partial charge >= 0.3 is 12.2 Å². The van der Waals surface area contributed by atoms with E-state index in [2.05, 4.69) is 21.5 Å². The van der Waals surface area contributed by atoms with Crippen LogP contribution in [0.2, 0.25) is 0 Å². The molecule has 62 heavy (non-hydrogen) atoms. The summed E-state index contributed by atoms with van der Waals surface area (Å²) in [6, 6.07) is 14.3. The maximum atomic E-state index is 14.0. The number of aromatic hydroxyl groups is 1. The quantitative estimate of drug-likeness (QED) is 0.0727. The highest BCUT2D eigenvalue weighted by Gasteiger charge is 2.61. The standard InChI is InChI=1S/C32H45N3O4S.C14H9F5N2O/c1-21-25(15-10-16-28(21)36)30(38)33-26(20-40-24-13-6-5-7-14-24)29(37)19-35-18-23-12-9-8-11-22(23)17-27(35)31(39)34-32(2,3)4;15-8-3-4-9-10(11(8)16)13(14(17,18)19,21-12(22)20-9)6-5-7-1-2-7/h5-7,10,13-16,22-23,26-27,29,36-37H,8-9,11-12,17-20H2,1-4H3,(H,33,38)(H,34,39);3-4,7H,1-2H2,(H2,20,21,22)/t22-,23+,26-,27-,29+;13-/m00/s1. The average Bonchev–Trinajstić information content (AvgIpc) is 4.05. The monoisotopic (exact) mass is 883 g/mol. The summed E-state index contributed by atoms with van der Waals surface area (Å²) < 4.78 is 68.2. The third-order valence-corrected chi connectivity index (χ3v) is 12.8. The molecule has 6 atom stereocenters. The molecule has 3 fully saturated rings. The van der Waals surface area contributed by atoms with Crippen molar-refractivity contribution in [1.29, 1.82) is 0 Å². The van der Waals surface area contributed by atoms with Gasteiger partial charge in [-0.2, -0.15) is 13.2 Å². The van der Waals surface area contributed by atoms with E-state index in [1.807, 2.05) is 62.3 Å². The number of nitrogens with zero attached hydrogens (tertiary/aromatic N) is 1. The van der Waals surface area contributed by atoms with Crippen LogP contribution in [0.4, 0.5) is 32.4 Å². The number of aliphatic hydroxyl groups excluding tert-OH is 1. The molecule has 7 rings (SSSR count). The van der Waals surface area contributed by atoms with Gasteiger partial charge in [0.2, 0.25) is 11.4 Å². The molecule has 0 unspecified atom stereocenters. The van der Waals surface area contributed by atoms with Crippen molar-refractivity contribution < 1.29 is 46.5 Å². The van der Waals surface area contributed by atoms with Crippen LogP contribution in [0.15, 0.2) is 65.6 Å². The molecule has 4 aliphatic rings. The lowest BCUT2D eigenvalue weighted by Gasteiger charge is -2.47. The van der Waals surface area contributed by atoms with Crippen LogP contribution in [0, 0.1) is 48.2 Å². The van der Waals surface area contributed by atoms with Crippen molar-refractivity contribution in [3.05, 3.63) is 89.0 Å². The van der Waals surface area contributed by atoms with Gasteiger partial charge < -0.3 is 31.5 Å². The molecule has 16 heteroatoms. The van der Waals surface area contributed by atoms with Gasteiger partial charge in [-0.1, -0.05) is 55.4 Å². The van der Waals surface area contributed by atoms with Crippen molar-refractivity contribution in [3.63, 3.8) is 0 Å². The number of hydrogen-bond donors (Lipinski definition) is 6. The topological polar surface area (TPSA) is 143 Å². The second-order valence-electron chi connectivity index (χ2n) is 17.6. The Morgan fingerprint density at radius 1 is 0.984 bits per heavy atom. The van der Waals surface area contributed by atoms with E-state index in [0.29, 0.717) is 54.2 Å². The van der Waals surface area contributed by atoms with E-state index in [-0.39, 0.29) is 35.1 Å². The number of nitrogens with one attached hydrogen (secondary N) is 4. The number of carbonyl (C=O) groups excluding carboxylic acids is 3. The van der Waals surface area contributed by atoms with Crippen LogP contribution in [-0.2, 0) is 10.3 Å². The summed E-state index contributed by atoms with van der Waals surface area (Å²) in [4.78, 5) is 41.5. The molecule has 2 saturated carbocycles. The van der Waals surface area contributed by atoms with E-state index in [1.165, 1.54) is 12.8 Å². The van der Waals surface area contributed by atoms with Crippen LogP contribution in [0.1, 0.15) is 87.2 Å². The third-order valence-electron chi connectivity index (χ3n) is 11.7. The molecule has 2 aliphatic heterocycles. The number of aliphatic hydroxyl groups is 1. The van der Waals surface area contributed by atoms with Gasteiger partial charge in [-0.25, -0.2) is 13.6 Å². The minimum absolute atomic E-state index is 0.0124. The predicted octanol–water partition coefficient (Wildman–Crippen LogP) is 8.02. The largest absolute Gasteiger partial charge is 0.508 e. The van der Waals surface area contributed by atoms with E-state index < -0.39 is 52.8 Å². The van der Waals surface area contributed by atoms with Crippen molar-refractivity contribution in [2.75, 3.05) is 24.2 Å². The number of fused-ring (bicyclic) bond motifs is 2. The lowest BCUT2D eigenvalue weighted by molar-refractivity contribution is -0.179. The predicted molar refractivity (Wildman–Crippen MR) is 227 cm³/mol. The molecule has 0 bridgehead atoms. The molecule has 2 heterocycles. The number of hydrogen-bond acceptors (Lipinski definition) is 7. The van der Waals surface area contributed by atoms with E-state index in [4.69, 9.17) is 0 Å². The number of alkyl halides is 3. The van der Waals surface area contributed by atoms with Crippen molar-refractivity contribution in [2.45, 2.75) is 113 Å². The number of halogens is 5.